The van der Waals surface area contributed by atoms with Crippen LogP contribution in [0.3, 0.4) is 0 Å². The van der Waals surface area contributed by atoms with Gasteiger partial charge in [-0.3, -0.25) is 14.8 Å². The van der Waals surface area contributed by atoms with Crippen LogP contribution < -0.4 is 0 Å². The molecule has 172 valence electrons. The van der Waals surface area contributed by atoms with E-state index in [4.69, 9.17) is 9.73 Å². The molecule has 2 bridgehead atoms. The molecule has 3 heterocycles. The summed E-state index contributed by atoms with van der Waals surface area (Å²) in [5.74, 6) is 1.15. The fourth-order valence-electron chi connectivity index (χ4n) is 6.73. The molecule has 3 fully saturated rings. The van der Waals surface area contributed by atoms with E-state index in [2.05, 4.69) is 42.2 Å². The number of carbonyl (C=O) groups is 1. The van der Waals surface area contributed by atoms with Crippen LogP contribution in [0.4, 0.5) is 0 Å². The molecular formula is C28H33N3O2. The number of aliphatic imine (C=N–C) groups is 1. The third kappa shape index (κ3) is 3.52. The Morgan fingerprint density at radius 3 is 2.64 bits per heavy atom. The lowest BCUT2D eigenvalue weighted by Crippen LogP contribution is -2.52. The highest BCUT2D eigenvalue weighted by atomic mass is 16.6. The van der Waals surface area contributed by atoms with Crippen LogP contribution in [0.5, 0.6) is 0 Å². The first-order valence-electron chi connectivity index (χ1n) is 12.7. The molecule has 2 aliphatic carbocycles. The number of rotatable bonds is 4. The van der Waals surface area contributed by atoms with E-state index in [0.29, 0.717) is 12.5 Å². The van der Waals surface area contributed by atoms with Gasteiger partial charge in [0, 0.05) is 30.7 Å². The van der Waals surface area contributed by atoms with Crippen molar-refractivity contribution in [3.63, 3.8) is 0 Å². The Morgan fingerprint density at radius 1 is 1.06 bits per heavy atom. The number of fused-ring (bicyclic) bond motifs is 1. The first-order valence-corrected chi connectivity index (χ1v) is 12.7. The Bertz CT molecular complexity index is 1030. The number of pyridine rings is 1. The molecule has 1 unspecified atom stereocenters. The summed E-state index contributed by atoms with van der Waals surface area (Å²) in [7, 11) is 0. The SMILES string of the molecule is C[C@H]1C2C[C@@]3(O[C@H](C4CCCCC4)N=C3C[C@@H]1c1ccccc1)N(Cc1cccnc1)C2=O. The van der Waals surface area contributed by atoms with E-state index in [9.17, 15) is 4.79 Å². The minimum absolute atomic E-state index is 0.0512. The van der Waals surface area contributed by atoms with Crippen LogP contribution in [0.25, 0.3) is 0 Å². The van der Waals surface area contributed by atoms with Crippen LogP contribution in [0, 0.1) is 17.8 Å². The summed E-state index contributed by atoms with van der Waals surface area (Å²) in [6.45, 7) is 2.78. The fraction of sp³-hybridized carbons (Fsp3) is 0.536. The molecule has 1 saturated heterocycles. The summed E-state index contributed by atoms with van der Waals surface area (Å²) in [5.41, 5.74) is 2.75. The maximum absolute atomic E-state index is 13.9. The average molecular weight is 444 g/mol. The van der Waals surface area contributed by atoms with Crippen LogP contribution >= 0.6 is 0 Å². The molecule has 2 aliphatic heterocycles. The molecule has 1 aromatic carbocycles. The molecule has 5 heteroatoms. The lowest BCUT2D eigenvalue weighted by molar-refractivity contribution is -0.155. The lowest BCUT2D eigenvalue weighted by Gasteiger charge is -2.38. The molecule has 5 nitrogen and oxygen atoms in total. The highest BCUT2D eigenvalue weighted by molar-refractivity contribution is 6.01. The molecule has 6 rings (SSSR count). The van der Waals surface area contributed by atoms with Gasteiger partial charge in [0.2, 0.25) is 5.91 Å². The Hall–Kier alpha value is -2.53. The molecule has 4 aliphatic rings. The van der Waals surface area contributed by atoms with Crippen molar-refractivity contribution in [2.45, 2.75) is 76.3 Å². The maximum atomic E-state index is 13.9. The highest BCUT2D eigenvalue weighted by Crippen LogP contribution is 2.53. The number of benzene rings is 1. The van der Waals surface area contributed by atoms with Gasteiger partial charge in [0.1, 0.15) is 0 Å². The monoisotopic (exact) mass is 443 g/mol. The number of hydrogen-bond acceptors (Lipinski definition) is 4. The van der Waals surface area contributed by atoms with E-state index in [1.54, 1.807) is 6.20 Å². The van der Waals surface area contributed by atoms with Gasteiger partial charge >= 0.3 is 0 Å². The standard InChI is InChI=1S/C28H33N3O2/c1-19-23(21-10-4-2-5-11-21)15-25-28(33-26(30-25)22-12-6-3-7-13-22)16-24(19)27(32)31(28)18-20-9-8-14-29-17-20/h2,4-5,8-11,14,17,19,22-24,26H,3,6-7,12-13,15-16,18H2,1H3/t19-,23+,24?,26-,28+/m1/s1. The predicted molar refractivity (Wildman–Crippen MR) is 127 cm³/mol. The van der Waals surface area contributed by atoms with Crippen LogP contribution in [0.15, 0.2) is 59.9 Å². The molecule has 0 N–H and O–H groups in total. The second kappa shape index (κ2) is 8.35. The van der Waals surface area contributed by atoms with Crippen molar-refractivity contribution < 1.29 is 9.53 Å². The van der Waals surface area contributed by atoms with Crippen molar-refractivity contribution in [1.82, 2.24) is 9.88 Å². The number of carbonyl (C=O) groups excluding carboxylic acids is 1. The van der Waals surface area contributed by atoms with Crippen LogP contribution in [0.1, 0.15) is 68.9 Å². The summed E-state index contributed by atoms with van der Waals surface area (Å²) in [5, 5.41) is 0. The summed E-state index contributed by atoms with van der Waals surface area (Å²) in [6.07, 6.45) is 11.3. The number of nitrogens with zero attached hydrogens (tertiary/aromatic N) is 3. The number of ether oxygens (including phenoxy) is 1. The number of amides is 1. The van der Waals surface area contributed by atoms with Crippen molar-refractivity contribution in [3.8, 4) is 0 Å². The lowest BCUT2D eigenvalue weighted by atomic mass is 9.77. The zero-order chi connectivity index (χ0) is 22.4. The van der Waals surface area contributed by atoms with Gasteiger partial charge in [0.05, 0.1) is 12.3 Å². The normalized spacial score (nSPS) is 34.2. The van der Waals surface area contributed by atoms with Gasteiger partial charge in [0.15, 0.2) is 12.0 Å². The largest absolute Gasteiger partial charge is 0.325 e. The van der Waals surface area contributed by atoms with Gasteiger partial charge < -0.3 is 9.64 Å². The first-order chi connectivity index (χ1) is 16.2. The van der Waals surface area contributed by atoms with E-state index in [1.807, 2.05) is 23.2 Å². The molecule has 2 saturated carbocycles. The minimum Gasteiger partial charge on any atom is -0.325 e. The van der Waals surface area contributed by atoms with E-state index in [1.165, 1.54) is 37.7 Å². The Labute approximate surface area is 196 Å². The number of hydrogen-bond donors (Lipinski definition) is 0. The van der Waals surface area contributed by atoms with Gasteiger partial charge in [-0.25, -0.2) is 0 Å². The van der Waals surface area contributed by atoms with Gasteiger partial charge in [0.25, 0.3) is 0 Å². The average Bonchev–Trinajstić information content (AvgIpc) is 3.32. The fourth-order valence-corrected chi connectivity index (χ4v) is 6.73. The smallest absolute Gasteiger partial charge is 0.229 e. The molecular weight excluding hydrogens is 410 g/mol. The summed E-state index contributed by atoms with van der Waals surface area (Å²) < 4.78 is 6.93. The van der Waals surface area contributed by atoms with Crippen molar-refractivity contribution in [2.24, 2.45) is 22.7 Å². The summed E-state index contributed by atoms with van der Waals surface area (Å²) >= 11 is 0. The zero-order valence-electron chi connectivity index (χ0n) is 19.4. The quantitative estimate of drug-likeness (QED) is 0.642. The predicted octanol–water partition coefficient (Wildman–Crippen LogP) is 5.33. The summed E-state index contributed by atoms with van der Waals surface area (Å²) in [6, 6.07) is 14.7. The van der Waals surface area contributed by atoms with Gasteiger partial charge in [-0.05, 0) is 48.3 Å². The van der Waals surface area contributed by atoms with E-state index in [-0.39, 0.29) is 29.9 Å². The van der Waals surface area contributed by atoms with Crippen molar-refractivity contribution >= 4 is 11.6 Å². The van der Waals surface area contributed by atoms with Crippen LogP contribution in [-0.4, -0.2) is 33.5 Å². The molecule has 33 heavy (non-hydrogen) atoms. The molecule has 0 radical (unpaired) electrons. The van der Waals surface area contributed by atoms with Crippen molar-refractivity contribution in [3.05, 3.63) is 66.0 Å². The highest BCUT2D eigenvalue weighted by Gasteiger charge is 2.62. The third-order valence-electron chi connectivity index (χ3n) is 8.59. The van der Waals surface area contributed by atoms with Crippen molar-refractivity contribution in [1.29, 1.82) is 0 Å². The van der Waals surface area contributed by atoms with Crippen molar-refractivity contribution in [2.75, 3.05) is 0 Å². The Morgan fingerprint density at radius 2 is 1.88 bits per heavy atom. The molecule has 1 spiro atoms. The number of likely N-dealkylation sites (tertiary alicyclic amines) is 1. The van der Waals surface area contributed by atoms with Crippen LogP contribution in [-0.2, 0) is 16.1 Å². The minimum atomic E-state index is -0.697. The first kappa shape index (κ1) is 21.0. The molecule has 2 aromatic rings. The van der Waals surface area contributed by atoms with Gasteiger partial charge in [-0.2, -0.15) is 0 Å². The topological polar surface area (TPSA) is 54.8 Å². The van der Waals surface area contributed by atoms with E-state index >= 15 is 0 Å². The third-order valence-corrected chi connectivity index (χ3v) is 8.59. The van der Waals surface area contributed by atoms with E-state index < -0.39 is 5.72 Å². The number of aromatic nitrogens is 1. The second-order valence-corrected chi connectivity index (χ2v) is 10.4. The molecule has 5 atom stereocenters. The summed E-state index contributed by atoms with van der Waals surface area (Å²) in [4.78, 5) is 25.5. The van der Waals surface area contributed by atoms with Gasteiger partial charge in [-0.1, -0.05) is 62.6 Å². The second-order valence-electron chi connectivity index (χ2n) is 10.4. The maximum Gasteiger partial charge on any atom is 0.229 e. The van der Waals surface area contributed by atoms with Gasteiger partial charge in [-0.15, -0.1) is 0 Å². The van der Waals surface area contributed by atoms with E-state index in [0.717, 1.165) is 24.1 Å². The van der Waals surface area contributed by atoms with Crippen LogP contribution in [0.2, 0.25) is 0 Å². The molecule has 1 amide bonds. The Balaban J connectivity index is 1.40. The Kier molecular flexibility index (Phi) is 5.33. The zero-order valence-corrected chi connectivity index (χ0v) is 19.4. The molecule has 1 aromatic heterocycles.